The summed E-state index contributed by atoms with van der Waals surface area (Å²) in [6, 6.07) is 9.65. The van der Waals surface area contributed by atoms with Gasteiger partial charge in [0.25, 0.3) is 0 Å². The van der Waals surface area contributed by atoms with Gasteiger partial charge in [-0.25, -0.2) is 4.79 Å². The molecule has 1 aromatic carbocycles. The molecule has 5 heteroatoms. The molecule has 0 N–H and O–H groups in total. The van der Waals surface area contributed by atoms with Crippen LogP contribution in [-0.2, 0) is 23.8 Å². The maximum absolute atomic E-state index is 12.6. The predicted octanol–water partition coefficient (Wildman–Crippen LogP) is 5.97. The first-order valence-corrected chi connectivity index (χ1v) is 12.3. The van der Waals surface area contributed by atoms with E-state index in [4.69, 9.17) is 14.2 Å². The highest BCUT2D eigenvalue weighted by Crippen LogP contribution is 2.59. The molecular formula is C27H38O5. The molecule has 0 aromatic heterocycles. The van der Waals surface area contributed by atoms with Gasteiger partial charge in [-0.1, -0.05) is 50.6 Å². The molecule has 1 heterocycles. The average Bonchev–Trinajstić information content (AvgIpc) is 3.25. The smallest absolute Gasteiger partial charge is 0.340 e. The highest BCUT2D eigenvalue weighted by Gasteiger charge is 2.53. The average molecular weight is 443 g/mol. The molecule has 4 rings (SSSR count). The standard InChI is InChI=1S/C27H38O5/c1-18(21-14-15-22-23(30-19(2)28)13-9-16-26(21,22)3)10-8-17-27(4)25(29)31-24(32-27)20-11-6-5-7-12-20/h5-7,11-12,18,21-24H,8-10,13-17H2,1-4H3/t18-,21-,22?,23?,24-,26+,27-/m1/s1. The molecule has 2 saturated carbocycles. The molecule has 2 aliphatic carbocycles. The van der Waals surface area contributed by atoms with Crippen LogP contribution in [0.15, 0.2) is 30.3 Å². The second kappa shape index (κ2) is 9.17. The minimum atomic E-state index is -0.881. The van der Waals surface area contributed by atoms with E-state index < -0.39 is 11.9 Å². The topological polar surface area (TPSA) is 61.8 Å². The van der Waals surface area contributed by atoms with E-state index in [2.05, 4.69) is 13.8 Å². The zero-order chi connectivity index (χ0) is 22.9. The van der Waals surface area contributed by atoms with Crippen LogP contribution in [0, 0.1) is 23.2 Å². The Balaban J connectivity index is 1.32. The van der Waals surface area contributed by atoms with Gasteiger partial charge >= 0.3 is 11.9 Å². The normalized spacial score (nSPS) is 37.6. The number of benzene rings is 1. The summed E-state index contributed by atoms with van der Waals surface area (Å²) in [5.41, 5.74) is 0.235. The Labute approximate surface area is 192 Å². The minimum Gasteiger partial charge on any atom is -0.462 e. The van der Waals surface area contributed by atoms with Crippen molar-refractivity contribution in [2.24, 2.45) is 23.2 Å². The third-order valence-electron chi connectivity index (χ3n) is 8.54. The van der Waals surface area contributed by atoms with Crippen molar-refractivity contribution < 1.29 is 23.8 Å². The number of carbonyl (C=O) groups excluding carboxylic acids is 2. The Kier molecular flexibility index (Phi) is 6.67. The Bertz CT molecular complexity index is 823. The second-order valence-electron chi connectivity index (χ2n) is 10.7. The van der Waals surface area contributed by atoms with Crippen LogP contribution in [0.1, 0.15) is 90.9 Å². The number of carbonyl (C=O) groups is 2. The van der Waals surface area contributed by atoms with Crippen LogP contribution in [0.2, 0.25) is 0 Å². The molecule has 0 amide bonds. The second-order valence-corrected chi connectivity index (χ2v) is 10.7. The summed E-state index contributed by atoms with van der Waals surface area (Å²) in [6.07, 6.45) is 7.83. The first-order valence-electron chi connectivity index (χ1n) is 12.3. The van der Waals surface area contributed by atoms with Gasteiger partial charge in [0, 0.05) is 18.4 Å². The van der Waals surface area contributed by atoms with Gasteiger partial charge in [0.2, 0.25) is 6.29 Å². The molecule has 5 nitrogen and oxygen atoms in total. The van der Waals surface area contributed by atoms with Crippen LogP contribution in [0.3, 0.4) is 0 Å². The summed E-state index contributed by atoms with van der Waals surface area (Å²) in [5.74, 6) is 1.26. The third kappa shape index (κ3) is 4.46. The van der Waals surface area contributed by atoms with E-state index in [-0.39, 0.29) is 23.5 Å². The Morgan fingerprint density at radius 1 is 1.19 bits per heavy atom. The van der Waals surface area contributed by atoms with Crippen molar-refractivity contribution in [2.45, 2.75) is 97.1 Å². The summed E-state index contributed by atoms with van der Waals surface area (Å²) in [5, 5.41) is 0. The van der Waals surface area contributed by atoms with Crippen molar-refractivity contribution in [3.8, 4) is 0 Å². The van der Waals surface area contributed by atoms with Gasteiger partial charge in [0.05, 0.1) is 0 Å². The molecule has 2 unspecified atom stereocenters. The molecule has 0 bridgehead atoms. The van der Waals surface area contributed by atoms with Crippen molar-refractivity contribution in [3.63, 3.8) is 0 Å². The van der Waals surface area contributed by atoms with E-state index in [1.807, 2.05) is 37.3 Å². The number of hydrogen-bond donors (Lipinski definition) is 0. The summed E-state index contributed by atoms with van der Waals surface area (Å²) >= 11 is 0. The number of rotatable bonds is 7. The molecule has 1 saturated heterocycles. The quantitative estimate of drug-likeness (QED) is 0.487. The van der Waals surface area contributed by atoms with E-state index in [0.717, 1.165) is 37.7 Å². The summed E-state index contributed by atoms with van der Waals surface area (Å²) < 4.78 is 17.4. The first kappa shape index (κ1) is 23.3. The fraction of sp³-hybridized carbons (Fsp3) is 0.704. The van der Waals surface area contributed by atoms with E-state index in [1.54, 1.807) is 0 Å². The van der Waals surface area contributed by atoms with Crippen molar-refractivity contribution in [2.75, 3.05) is 0 Å². The number of hydrogen-bond acceptors (Lipinski definition) is 5. The largest absolute Gasteiger partial charge is 0.462 e. The molecular weight excluding hydrogens is 404 g/mol. The Morgan fingerprint density at radius 2 is 1.94 bits per heavy atom. The molecule has 1 aromatic rings. The van der Waals surface area contributed by atoms with Crippen LogP contribution in [-0.4, -0.2) is 23.6 Å². The van der Waals surface area contributed by atoms with Crippen LogP contribution >= 0.6 is 0 Å². The highest BCUT2D eigenvalue weighted by atomic mass is 16.8. The molecule has 0 radical (unpaired) electrons. The molecule has 32 heavy (non-hydrogen) atoms. The van der Waals surface area contributed by atoms with Gasteiger partial charge in [-0.15, -0.1) is 0 Å². The molecule has 0 spiro atoms. The van der Waals surface area contributed by atoms with E-state index in [0.29, 0.717) is 24.2 Å². The lowest BCUT2D eigenvalue weighted by molar-refractivity contribution is -0.155. The summed E-state index contributed by atoms with van der Waals surface area (Å²) in [6.45, 7) is 8.17. The lowest BCUT2D eigenvalue weighted by atomic mass is 9.61. The first-order chi connectivity index (χ1) is 15.2. The SMILES string of the molecule is CC(=O)OC1CCC[C@]2(C)C1CC[C@@H]2[C@H](C)CCC[C@@]1(C)O[C@H](c2ccccc2)OC1=O. The molecule has 3 aliphatic rings. The van der Waals surface area contributed by atoms with E-state index in [1.165, 1.54) is 19.8 Å². The van der Waals surface area contributed by atoms with Gasteiger partial charge in [0.1, 0.15) is 6.10 Å². The molecule has 176 valence electrons. The zero-order valence-corrected chi connectivity index (χ0v) is 20.0. The van der Waals surface area contributed by atoms with Gasteiger partial charge in [-0.2, -0.15) is 0 Å². The summed E-state index contributed by atoms with van der Waals surface area (Å²) in [4.78, 5) is 24.2. The van der Waals surface area contributed by atoms with Gasteiger partial charge < -0.3 is 14.2 Å². The van der Waals surface area contributed by atoms with Gasteiger partial charge in [0.15, 0.2) is 5.60 Å². The molecule has 1 aliphatic heterocycles. The van der Waals surface area contributed by atoms with Gasteiger partial charge in [-0.05, 0) is 69.1 Å². The Hall–Kier alpha value is -1.88. The van der Waals surface area contributed by atoms with Crippen LogP contribution < -0.4 is 0 Å². The molecule has 7 atom stereocenters. The summed E-state index contributed by atoms with van der Waals surface area (Å²) in [7, 11) is 0. The number of cyclic esters (lactones) is 1. The van der Waals surface area contributed by atoms with Crippen molar-refractivity contribution >= 4 is 11.9 Å². The third-order valence-corrected chi connectivity index (χ3v) is 8.54. The van der Waals surface area contributed by atoms with Crippen molar-refractivity contribution in [3.05, 3.63) is 35.9 Å². The van der Waals surface area contributed by atoms with E-state index in [9.17, 15) is 9.59 Å². The van der Waals surface area contributed by atoms with Crippen LogP contribution in [0.5, 0.6) is 0 Å². The Morgan fingerprint density at radius 3 is 2.66 bits per heavy atom. The number of fused-ring (bicyclic) bond motifs is 1. The fourth-order valence-electron chi connectivity index (χ4n) is 6.85. The highest BCUT2D eigenvalue weighted by molar-refractivity contribution is 5.80. The van der Waals surface area contributed by atoms with Crippen molar-refractivity contribution in [1.29, 1.82) is 0 Å². The fourth-order valence-corrected chi connectivity index (χ4v) is 6.85. The lowest BCUT2D eigenvalue weighted by Gasteiger charge is -2.46. The van der Waals surface area contributed by atoms with Crippen LogP contribution in [0.25, 0.3) is 0 Å². The van der Waals surface area contributed by atoms with Crippen molar-refractivity contribution in [1.82, 2.24) is 0 Å². The maximum Gasteiger partial charge on any atom is 0.340 e. The lowest BCUT2D eigenvalue weighted by Crippen LogP contribution is -2.43. The van der Waals surface area contributed by atoms with Gasteiger partial charge in [-0.3, -0.25) is 4.79 Å². The predicted molar refractivity (Wildman–Crippen MR) is 122 cm³/mol. The molecule has 3 fully saturated rings. The minimum absolute atomic E-state index is 0.0824. The van der Waals surface area contributed by atoms with Crippen LogP contribution in [0.4, 0.5) is 0 Å². The zero-order valence-electron chi connectivity index (χ0n) is 20.0. The van der Waals surface area contributed by atoms with E-state index >= 15 is 0 Å². The maximum atomic E-state index is 12.6. The number of ether oxygens (including phenoxy) is 3. The monoisotopic (exact) mass is 442 g/mol. The number of esters is 2.